The molecule has 1 aromatic carbocycles. The van der Waals surface area contributed by atoms with Crippen LogP contribution in [0.3, 0.4) is 0 Å². The predicted octanol–water partition coefficient (Wildman–Crippen LogP) is 0.529. The number of hydrogen-bond acceptors (Lipinski definition) is 4. The van der Waals surface area contributed by atoms with Crippen LogP contribution in [-0.4, -0.2) is 48.3 Å². The van der Waals surface area contributed by atoms with Crippen LogP contribution < -0.4 is 10.2 Å². The number of likely N-dealkylation sites (N-methyl/N-ethyl adjacent to an activating group) is 1. The number of anilines is 1. The molecule has 3 rings (SSSR count). The number of carbonyl (C=O) groups excluding carboxylic acids is 3. The third-order valence-corrected chi connectivity index (χ3v) is 4.45. The number of nitrogens with zero attached hydrogens (tertiary/aromatic N) is 2. The number of nitrogens with one attached hydrogen (secondary N) is 1. The fourth-order valence-corrected chi connectivity index (χ4v) is 3.14. The molecule has 3 amide bonds. The van der Waals surface area contributed by atoms with Gasteiger partial charge in [-0.1, -0.05) is 18.2 Å². The Kier molecular flexibility index (Phi) is 3.94. The van der Waals surface area contributed by atoms with Crippen LogP contribution in [0.25, 0.3) is 0 Å². The zero-order chi connectivity index (χ0) is 15.7. The van der Waals surface area contributed by atoms with Gasteiger partial charge in [0.05, 0.1) is 6.04 Å². The Balaban J connectivity index is 1.70. The molecule has 2 saturated heterocycles. The van der Waals surface area contributed by atoms with E-state index in [1.165, 1.54) is 0 Å². The Labute approximate surface area is 129 Å². The second-order valence-electron chi connectivity index (χ2n) is 5.83. The lowest BCUT2D eigenvalue weighted by atomic mass is 10.0. The summed E-state index contributed by atoms with van der Waals surface area (Å²) in [5.74, 6) is -0.414. The SMILES string of the molecule is CN(C1CC(=O)N(c2ccccc2)C1)C1CCC(=O)NC1=O. The number of hydrogen-bond donors (Lipinski definition) is 1. The van der Waals surface area contributed by atoms with Gasteiger partial charge >= 0.3 is 0 Å². The number of carbonyl (C=O) groups is 3. The van der Waals surface area contributed by atoms with Gasteiger partial charge in [-0.25, -0.2) is 0 Å². The molecule has 1 aromatic rings. The highest BCUT2D eigenvalue weighted by atomic mass is 16.2. The largest absolute Gasteiger partial charge is 0.311 e. The number of para-hydroxylation sites is 1. The van der Waals surface area contributed by atoms with Crippen molar-refractivity contribution in [2.45, 2.75) is 31.3 Å². The number of imide groups is 1. The summed E-state index contributed by atoms with van der Waals surface area (Å²) < 4.78 is 0. The predicted molar refractivity (Wildman–Crippen MR) is 81.1 cm³/mol. The van der Waals surface area contributed by atoms with Crippen molar-refractivity contribution in [3.63, 3.8) is 0 Å². The second kappa shape index (κ2) is 5.88. The van der Waals surface area contributed by atoms with Crippen molar-refractivity contribution >= 4 is 23.4 Å². The number of amides is 3. The number of piperidine rings is 1. The third kappa shape index (κ3) is 2.74. The maximum Gasteiger partial charge on any atom is 0.243 e. The average Bonchev–Trinajstić information content (AvgIpc) is 2.89. The van der Waals surface area contributed by atoms with Gasteiger partial charge in [0.25, 0.3) is 0 Å². The minimum atomic E-state index is -0.341. The van der Waals surface area contributed by atoms with Crippen molar-refractivity contribution in [3.8, 4) is 0 Å². The number of benzene rings is 1. The van der Waals surface area contributed by atoms with E-state index in [0.29, 0.717) is 25.8 Å². The van der Waals surface area contributed by atoms with E-state index in [1.807, 2.05) is 42.3 Å². The first-order valence-electron chi connectivity index (χ1n) is 7.47. The van der Waals surface area contributed by atoms with Gasteiger partial charge in [0.1, 0.15) is 0 Å². The zero-order valence-corrected chi connectivity index (χ0v) is 12.5. The van der Waals surface area contributed by atoms with Gasteiger partial charge in [-0.2, -0.15) is 0 Å². The standard InChI is InChI=1S/C16H19N3O3/c1-18(13-7-8-14(20)17-16(13)22)12-9-15(21)19(10-12)11-5-3-2-4-6-11/h2-6,12-13H,7-10H2,1H3,(H,17,20,22). The molecule has 1 N–H and O–H groups in total. The molecule has 2 aliphatic rings. The Morgan fingerprint density at radius 2 is 1.91 bits per heavy atom. The molecule has 0 radical (unpaired) electrons. The first-order valence-corrected chi connectivity index (χ1v) is 7.47. The summed E-state index contributed by atoms with van der Waals surface area (Å²) in [6, 6.07) is 9.18. The maximum absolute atomic E-state index is 12.3. The summed E-state index contributed by atoms with van der Waals surface area (Å²) in [6.07, 6.45) is 1.25. The Morgan fingerprint density at radius 1 is 1.18 bits per heavy atom. The lowest BCUT2D eigenvalue weighted by molar-refractivity contribution is -0.138. The first kappa shape index (κ1) is 14.7. The van der Waals surface area contributed by atoms with Crippen molar-refractivity contribution in [1.82, 2.24) is 10.2 Å². The van der Waals surface area contributed by atoms with Crippen molar-refractivity contribution in [2.24, 2.45) is 0 Å². The lowest BCUT2D eigenvalue weighted by Gasteiger charge is -2.33. The van der Waals surface area contributed by atoms with E-state index in [9.17, 15) is 14.4 Å². The smallest absolute Gasteiger partial charge is 0.243 e. The van der Waals surface area contributed by atoms with Crippen molar-refractivity contribution in [1.29, 1.82) is 0 Å². The van der Waals surface area contributed by atoms with Crippen LogP contribution in [0.1, 0.15) is 19.3 Å². The highest BCUT2D eigenvalue weighted by molar-refractivity contribution is 6.00. The quantitative estimate of drug-likeness (QED) is 0.827. The third-order valence-electron chi connectivity index (χ3n) is 4.45. The second-order valence-corrected chi connectivity index (χ2v) is 5.83. The zero-order valence-electron chi connectivity index (χ0n) is 12.5. The molecule has 116 valence electrons. The maximum atomic E-state index is 12.3. The van der Waals surface area contributed by atoms with Crippen molar-refractivity contribution in [3.05, 3.63) is 30.3 Å². The Morgan fingerprint density at radius 3 is 2.59 bits per heavy atom. The summed E-state index contributed by atoms with van der Waals surface area (Å²) in [5, 5.41) is 2.37. The van der Waals surface area contributed by atoms with Crippen LogP contribution in [-0.2, 0) is 14.4 Å². The van der Waals surface area contributed by atoms with Gasteiger partial charge in [-0.3, -0.25) is 24.6 Å². The van der Waals surface area contributed by atoms with Gasteiger partial charge in [-0.05, 0) is 25.6 Å². The van der Waals surface area contributed by atoms with Gasteiger partial charge in [-0.15, -0.1) is 0 Å². The average molecular weight is 301 g/mol. The highest BCUT2D eigenvalue weighted by Crippen LogP contribution is 2.25. The molecule has 2 fully saturated rings. The van der Waals surface area contributed by atoms with Crippen LogP contribution >= 0.6 is 0 Å². The summed E-state index contributed by atoms with van der Waals surface area (Å²) >= 11 is 0. The van der Waals surface area contributed by atoms with Crippen LogP contribution in [0.15, 0.2) is 30.3 Å². The van der Waals surface area contributed by atoms with E-state index in [4.69, 9.17) is 0 Å². The van der Waals surface area contributed by atoms with E-state index in [-0.39, 0.29) is 29.8 Å². The minimum absolute atomic E-state index is 0.0170. The van der Waals surface area contributed by atoms with Crippen LogP contribution in [0, 0.1) is 0 Å². The topological polar surface area (TPSA) is 69.7 Å². The molecule has 22 heavy (non-hydrogen) atoms. The molecule has 6 nitrogen and oxygen atoms in total. The van der Waals surface area contributed by atoms with Gasteiger partial charge < -0.3 is 4.90 Å². The summed E-state index contributed by atoms with van der Waals surface area (Å²) in [6.45, 7) is 0.567. The Bertz CT molecular complexity index is 602. The fraction of sp³-hybridized carbons (Fsp3) is 0.438. The molecule has 0 spiro atoms. The highest BCUT2D eigenvalue weighted by Gasteiger charge is 2.39. The molecule has 2 aliphatic heterocycles. The lowest BCUT2D eigenvalue weighted by Crippen LogP contribution is -2.54. The van der Waals surface area contributed by atoms with Gasteiger partial charge in [0.15, 0.2) is 0 Å². The van der Waals surface area contributed by atoms with Crippen LogP contribution in [0.5, 0.6) is 0 Å². The molecule has 0 saturated carbocycles. The summed E-state index contributed by atoms with van der Waals surface area (Å²) in [5.41, 5.74) is 0.881. The van der Waals surface area contributed by atoms with Crippen molar-refractivity contribution in [2.75, 3.05) is 18.5 Å². The molecule has 0 aliphatic carbocycles. The molecular formula is C16H19N3O3. The normalized spacial score (nSPS) is 25.7. The van der Waals surface area contributed by atoms with Crippen LogP contribution in [0.2, 0.25) is 0 Å². The van der Waals surface area contributed by atoms with E-state index in [1.54, 1.807) is 4.90 Å². The monoisotopic (exact) mass is 301 g/mol. The fourth-order valence-electron chi connectivity index (χ4n) is 3.14. The first-order chi connectivity index (χ1) is 10.6. The van der Waals surface area contributed by atoms with E-state index in [2.05, 4.69) is 5.32 Å². The van der Waals surface area contributed by atoms with E-state index in [0.717, 1.165) is 5.69 Å². The van der Waals surface area contributed by atoms with Crippen molar-refractivity contribution < 1.29 is 14.4 Å². The van der Waals surface area contributed by atoms with Gasteiger partial charge in [0.2, 0.25) is 17.7 Å². The Hall–Kier alpha value is -2.21. The summed E-state index contributed by atoms with van der Waals surface area (Å²) in [4.78, 5) is 39.1. The molecule has 2 atom stereocenters. The van der Waals surface area contributed by atoms with E-state index < -0.39 is 0 Å². The molecule has 0 bridgehead atoms. The summed E-state index contributed by atoms with van der Waals surface area (Å²) in [7, 11) is 1.85. The molecular weight excluding hydrogens is 282 g/mol. The minimum Gasteiger partial charge on any atom is -0.311 e. The van der Waals surface area contributed by atoms with Crippen LogP contribution in [0.4, 0.5) is 5.69 Å². The van der Waals surface area contributed by atoms with E-state index >= 15 is 0 Å². The molecule has 2 heterocycles. The van der Waals surface area contributed by atoms with Gasteiger partial charge in [0, 0.05) is 31.1 Å². The number of rotatable bonds is 3. The molecule has 0 aromatic heterocycles. The molecule has 2 unspecified atom stereocenters. The molecule has 6 heteroatoms.